The molecule has 0 amide bonds. The fourth-order valence-electron chi connectivity index (χ4n) is 0.324. The van der Waals surface area contributed by atoms with E-state index in [4.69, 9.17) is 4.74 Å². The molecule has 0 aliphatic carbocycles. The Labute approximate surface area is 71.4 Å². The number of ether oxygens (including phenoxy) is 1. The highest BCUT2D eigenvalue weighted by atomic mass is 32.1. The topological polar surface area (TPSA) is 21.6 Å². The minimum absolute atomic E-state index is 0.529. The number of aliphatic imine (C=N–C) groups is 1. The number of hydrogen-bond acceptors (Lipinski definition) is 4. The van der Waals surface area contributed by atoms with Gasteiger partial charge in [0.25, 0.3) is 0 Å². The van der Waals surface area contributed by atoms with Gasteiger partial charge in [0.15, 0.2) is 0 Å². The number of hydrogen-bond donors (Lipinski definition) is 1. The Bertz CT molecular complexity index is 157. The fourth-order valence-corrected chi connectivity index (χ4v) is 0.489. The first-order chi connectivity index (χ1) is 4.77. The van der Waals surface area contributed by atoms with Crippen LogP contribution in [0, 0.1) is 0 Å². The molecular formula is C6H9NOS2. The van der Waals surface area contributed by atoms with Gasteiger partial charge in [-0.1, -0.05) is 0 Å². The van der Waals surface area contributed by atoms with E-state index in [0.29, 0.717) is 13.2 Å². The van der Waals surface area contributed by atoms with Gasteiger partial charge in [-0.25, -0.2) is 4.99 Å². The molecule has 2 nitrogen and oxygen atoms in total. The maximum atomic E-state index is 4.98. The lowest BCUT2D eigenvalue weighted by atomic mass is 10.7. The summed E-state index contributed by atoms with van der Waals surface area (Å²) in [5, 5.41) is 2.24. The number of allylic oxidation sites excluding steroid dienone is 1. The average Bonchev–Trinajstić information content (AvgIpc) is 1.87. The summed E-state index contributed by atoms with van der Waals surface area (Å²) in [5.74, 6) is 0. The van der Waals surface area contributed by atoms with Gasteiger partial charge in [-0.05, 0) is 19.1 Å². The van der Waals surface area contributed by atoms with Crippen LogP contribution in [-0.2, 0) is 4.74 Å². The molecule has 0 atom stereocenters. The Morgan fingerprint density at radius 3 is 3.10 bits per heavy atom. The molecule has 0 bridgehead atoms. The molecule has 0 N–H and O–H groups in total. The van der Waals surface area contributed by atoms with Crippen LogP contribution in [-0.4, -0.2) is 18.3 Å². The molecule has 0 spiro atoms. The summed E-state index contributed by atoms with van der Waals surface area (Å²) in [5.41, 5.74) is 0. The van der Waals surface area contributed by atoms with Crippen molar-refractivity contribution in [2.45, 2.75) is 6.92 Å². The van der Waals surface area contributed by atoms with E-state index >= 15 is 0 Å². The summed E-state index contributed by atoms with van der Waals surface area (Å²) < 4.78 is 4.98. The molecule has 0 aliphatic heterocycles. The molecule has 0 aromatic rings. The van der Waals surface area contributed by atoms with E-state index in [1.807, 2.05) is 6.92 Å². The summed E-state index contributed by atoms with van der Waals surface area (Å²) in [6.45, 7) is 2.92. The Morgan fingerprint density at radius 1 is 1.90 bits per heavy atom. The molecule has 0 fully saturated rings. The number of isothiocyanates is 1. The maximum Gasteiger partial charge on any atom is 0.108 e. The van der Waals surface area contributed by atoms with Crippen LogP contribution in [0.1, 0.15) is 6.92 Å². The van der Waals surface area contributed by atoms with E-state index in [-0.39, 0.29) is 0 Å². The van der Waals surface area contributed by atoms with E-state index < -0.39 is 0 Å². The first kappa shape index (κ1) is 9.69. The third-order valence-electron chi connectivity index (χ3n) is 0.639. The molecule has 0 rings (SSSR count). The molecule has 0 unspecified atom stereocenters. The van der Waals surface area contributed by atoms with Crippen molar-refractivity contribution >= 4 is 30.0 Å². The number of nitrogens with zero attached hydrogens (tertiary/aromatic N) is 1. The van der Waals surface area contributed by atoms with Crippen molar-refractivity contribution in [3.05, 3.63) is 11.2 Å². The summed E-state index contributed by atoms with van der Waals surface area (Å²) in [6.07, 6.45) is 1.57. The second kappa shape index (κ2) is 6.81. The van der Waals surface area contributed by atoms with Crippen molar-refractivity contribution < 1.29 is 4.74 Å². The number of thiocarbonyl (C=S) groups is 1. The van der Waals surface area contributed by atoms with E-state index in [1.165, 1.54) is 0 Å². The highest BCUT2D eigenvalue weighted by Gasteiger charge is 1.79. The Hall–Kier alpha value is -0.310. The molecule has 0 aromatic carbocycles. The number of thiol groups is 1. The third kappa shape index (κ3) is 7.69. The van der Waals surface area contributed by atoms with E-state index in [2.05, 4.69) is 35.0 Å². The largest absolute Gasteiger partial charge is 0.498 e. The zero-order valence-corrected chi connectivity index (χ0v) is 7.41. The molecule has 10 heavy (non-hydrogen) atoms. The van der Waals surface area contributed by atoms with Crippen molar-refractivity contribution in [2.75, 3.05) is 13.2 Å². The van der Waals surface area contributed by atoms with Gasteiger partial charge in [-0.3, -0.25) is 0 Å². The Balaban J connectivity index is 3.21. The molecular weight excluding hydrogens is 166 g/mol. The zero-order valence-electron chi connectivity index (χ0n) is 5.70. The summed E-state index contributed by atoms with van der Waals surface area (Å²) in [7, 11) is 0. The highest BCUT2D eigenvalue weighted by Crippen LogP contribution is 1.95. The second-order valence-electron chi connectivity index (χ2n) is 1.60. The van der Waals surface area contributed by atoms with Crippen LogP contribution in [0.25, 0.3) is 0 Å². The van der Waals surface area contributed by atoms with Crippen molar-refractivity contribution in [1.82, 2.24) is 0 Å². The van der Waals surface area contributed by atoms with E-state index in [9.17, 15) is 0 Å². The minimum atomic E-state index is 0.529. The lowest BCUT2D eigenvalue weighted by molar-refractivity contribution is 0.259. The van der Waals surface area contributed by atoms with Crippen molar-refractivity contribution in [2.24, 2.45) is 4.99 Å². The van der Waals surface area contributed by atoms with Gasteiger partial charge in [0.1, 0.15) is 6.61 Å². The highest BCUT2D eigenvalue weighted by molar-refractivity contribution is 7.84. The fraction of sp³-hybridized carbons (Fsp3) is 0.500. The molecule has 0 saturated heterocycles. The van der Waals surface area contributed by atoms with E-state index in [1.54, 1.807) is 6.26 Å². The normalized spacial score (nSPS) is 10.4. The smallest absolute Gasteiger partial charge is 0.108 e. The van der Waals surface area contributed by atoms with Gasteiger partial charge >= 0.3 is 0 Å². The van der Waals surface area contributed by atoms with Crippen LogP contribution in [0.3, 0.4) is 0 Å². The monoisotopic (exact) mass is 175 g/mol. The molecule has 0 saturated carbocycles. The van der Waals surface area contributed by atoms with Gasteiger partial charge in [-0.15, -0.1) is 12.6 Å². The predicted octanol–water partition coefficient (Wildman–Crippen LogP) is 1.90. The molecule has 4 heteroatoms. The summed E-state index contributed by atoms with van der Waals surface area (Å²) in [6, 6.07) is 0. The Morgan fingerprint density at radius 2 is 2.60 bits per heavy atom. The first-order valence-electron chi connectivity index (χ1n) is 2.78. The van der Waals surface area contributed by atoms with Crippen LogP contribution < -0.4 is 0 Å². The van der Waals surface area contributed by atoms with Crippen LogP contribution in [0.4, 0.5) is 0 Å². The maximum absolute atomic E-state index is 4.98. The van der Waals surface area contributed by atoms with Crippen LogP contribution in [0.2, 0.25) is 0 Å². The van der Waals surface area contributed by atoms with E-state index in [0.717, 1.165) is 4.91 Å². The van der Waals surface area contributed by atoms with Gasteiger partial charge < -0.3 is 4.74 Å². The van der Waals surface area contributed by atoms with Crippen LogP contribution in [0.15, 0.2) is 16.2 Å². The van der Waals surface area contributed by atoms with Gasteiger partial charge in [0, 0.05) is 4.91 Å². The van der Waals surface area contributed by atoms with Crippen LogP contribution >= 0.6 is 24.8 Å². The second-order valence-corrected chi connectivity index (χ2v) is 2.49. The number of rotatable bonds is 4. The summed E-state index contributed by atoms with van der Waals surface area (Å²) >= 11 is 8.34. The Kier molecular flexibility index (Phi) is 6.59. The van der Waals surface area contributed by atoms with Gasteiger partial charge in [-0.2, -0.15) is 0 Å². The standard InChI is InChI=1S/C6H9NOS2/c1-6(10)4-8-3-2-7-5-9/h4,10H,2-3H2,1H3. The summed E-state index contributed by atoms with van der Waals surface area (Å²) in [4.78, 5) is 4.49. The quantitative estimate of drug-likeness (QED) is 0.232. The molecule has 0 aliphatic rings. The molecule has 0 radical (unpaired) electrons. The van der Waals surface area contributed by atoms with Crippen LogP contribution in [0.5, 0.6) is 0 Å². The molecule has 0 heterocycles. The predicted molar refractivity (Wildman–Crippen MR) is 48.6 cm³/mol. The van der Waals surface area contributed by atoms with Crippen molar-refractivity contribution in [1.29, 1.82) is 0 Å². The third-order valence-corrected chi connectivity index (χ3v) is 0.874. The minimum Gasteiger partial charge on any atom is -0.498 e. The first-order valence-corrected chi connectivity index (χ1v) is 3.64. The zero-order chi connectivity index (χ0) is 7.82. The van der Waals surface area contributed by atoms with Crippen molar-refractivity contribution in [3.8, 4) is 0 Å². The van der Waals surface area contributed by atoms with Crippen molar-refractivity contribution in [3.63, 3.8) is 0 Å². The average molecular weight is 175 g/mol. The molecule has 56 valence electrons. The lowest BCUT2D eigenvalue weighted by Crippen LogP contribution is -1.90. The van der Waals surface area contributed by atoms with Gasteiger partial charge in [0.05, 0.1) is 18.0 Å². The molecule has 0 aromatic heterocycles. The lowest BCUT2D eigenvalue weighted by Gasteiger charge is -1.95. The van der Waals surface area contributed by atoms with Gasteiger partial charge in [0.2, 0.25) is 0 Å². The SMILES string of the molecule is CC(S)=COCCN=C=S.